The summed E-state index contributed by atoms with van der Waals surface area (Å²) < 4.78 is 26.7. The molecule has 0 spiro atoms. The third-order valence-corrected chi connectivity index (χ3v) is 3.25. The van der Waals surface area contributed by atoms with Gasteiger partial charge in [-0.25, -0.2) is 8.78 Å². The van der Waals surface area contributed by atoms with E-state index < -0.39 is 11.5 Å². The van der Waals surface area contributed by atoms with Crippen LogP contribution in [0.3, 0.4) is 0 Å². The van der Waals surface area contributed by atoms with Crippen molar-refractivity contribution >= 4 is 27.5 Å². The zero-order valence-electron chi connectivity index (χ0n) is 7.03. The quantitative estimate of drug-likeness (QED) is 0.840. The van der Waals surface area contributed by atoms with Crippen molar-refractivity contribution in [2.45, 2.75) is 17.9 Å². The van der Waals surface area contributed by atoms with Crippen LogP contribution in [0.1, 0.15) is 12.0 Å². The molecule has 1 atom stereocenters. The summed E-state index contributed by atoms with van der Waals surface area (Å²) in [6, 6.07) is 4.76. The van der Waals surface area contributed by atoms with Gasteiger partial charge in [0.1, 0.15) is 5.54 Å². The van der Waals surface area contributed by atoms with Crippen LogP contribution in [0.5, 0.6) is 0 Å². The largest absolute Gasteiger partial charge is 0.316 e. The monoisotopic (exact) mass is 281 g/mol. The molecule has 14 heavy (non-hydrogen) atoms. The lowest BCUT2D eigenvalue weighted by Crippen LogP contribution is -2.27. The molecule has 0 aliphatic heterocycles. The average Bonchev–Trinajstić information content (AvgIpc) is 2.50. The fraction of sp³-hybridized carbons (Fsp3) is 0.333. The SMILES string of the molecule is NC1(c2ccc(Br)cc2Cl)CC1(F)F. The summed E-state index contributed by atoms with van der Waals surface area (Å²) in [6.07, 6.45) is -0.332. The van der Waals surface area contributed by atoms with Crippen molar-refractivity contribution in [1.29, 1.82) is 0 Å². The Kier molecular flexibility index (Phi) is 2.14. The predicted molar refractivity (Wildman–Crippen MR) is 54.6 cm³/mol. The Morgan fingerprint density at radius 3 is 2.43 bits per heavy atom. The molecule has 0 heterocycles. The highest BCUT2D eigenvalue weighted by molar-refractivity contribution is 9.10. The van der Waals surface area contributed by atoms with E-state index >= 15 is 0 Å². The maximum atomic E-state index is 13.0. The molecule has 2 rings (SSSR count). The van der Waals surface area contributed by atoms with Gasteiger partial charge in [0.2, 0.25) is 0 Å². The minimum atomic E-state index is -2.83. The summed E-state index contributed by atoms with van der Waals surface area (Å²) in [5, 5.41) is 0.277. The van der Waals surface area contributed by atoms with E-state index in [0.717, 1.165) is 4.47 Å². The van der Waals surface area contributed by atoms with E-state index in [2.05, 4.69) is 15.9 Å². The minimum Gasteiger partial charge on any atom is -0.316 e. The van der Waals surface area contributed by atoms with E-state index in [1.54, 1.807) is 12.1 Å². The van der Waals surface area contributed by atoms with E-state index in [-0.39, 0.29) is 11.4 Å². The van der Waals surface area contributed by atoms with Crippen LogP contribution < -0.4 is 5.73 Å². The summed E-state index contributed by atoms with van der Waals surface area (Å²) in [7, 11) is 0. The van der Waals surface area contributed by atoms with Crippen LogP contribution in [0.15, 0.2) is 22.7 Å². The van der Waals surface area contributed by atoms with E-state index in [0.29, 0.717) is 5.56 Å². The van der Waals surface area contributed by atoms with Crippen molar-refractivity contribution in [2.75, 3.05) is 0 Å². The molecule has 0 radical (unpaired) electrons. The molecule has 0 amide bonds. The first-order valence-corrected chi connectivity index (χ1v) is 5.16. The Labute approximate surface area is 93.4 Å². The highest BCUT2D eigenvalue weighted by Crippen LogP contribution is 2.58. The molecule has 1 unspecified atom stereocenters. The first kappa shape index (κ1) is 10.3. The third kappa shape index (κ3) is 1.36. The highest BCUT2D eigenvalue weighted by atomic mass is 79.9. The topological polar surface area (TPSA) is 26.0 Å². The van der Waals surface area contributed by atoms with Gasteiger partial charge in [-0.15, -0.1) is 0 Å². The molecule has 1 saturated carbocycles. The maximum absolute atomic E-state index is 13.0. The number of alkyl halides is 2. The Bertz CT molecular complexity index is 396. The van der Waals surface area contributed by atoms with E-state index in [4.69, 9.17) is 17.3 Å². The van der Waals surface area contributed by atoms with Crippen LogP contribution in [-0.2, 0) is 5.54 Å². The highest BCUT2D eigenvalue weighted by Gasteiger charge is 2.70. The molecular weight excluding hydrogens is 275 g/mol. The standard InChI is InChI=1S/C9H7BrClF2N/c10-5-1-2-6(7(11)3-5)8(14)4-9(8,12)13/h1-3H,4,14H2. The number of hydrogen-bond donors (Lipinski definition) is 1. The average molecular weight is 283 g/mol. The summed E-state index contributed by atoms with van der Waals surface area (Å²) in [5.74, 6) is -2.83. The van der Waals surface area contributed by atoms with Crippen LogP contribution in [0.4, 0.5) is 8.78 Å². The molecule has 0 saturated heterocycles. The Morgan fingerprint density at radius 1 is 1.43 bits per heavy atom. The lowest BCUT2D eigenvalue weighted by Gasteiger charge is -2.12. The summed E-state index contributed by atoms with van der Waals surface area (Å²) in [6.45, 7) is 0. The number of rotatable bonds is 1. The van der Waals surface area contributed by atoms with Gasteiger partial charge in [0.05, 0.1) is 0 Å². The molecule has 0 aromatic heterocycles. The third-order valence-electron chi connectivity index (χ3n) is 2.44. The van der Waals surface area contributed by atoms with Gasteiger partial charge < -0.3 is 5.73 Å². The first-order valence-electron chi connectivity index (χ1n) is 3.99. The molecule has 1 aromatic carbocycles. The second-order valence-corrected chi connectivity index (χ2v) is 4.80. The molecule has 76 valence electrons. The van der Waals surface area contributed by atoms with Gasteiger partial charge in [0, 0.05) is 15.9 Å². The van der Waals surface area contributed by atoms with Crippen molar-refractivity contribution in [3.63, 3.8) is 0 Å². The first-order chi connectivity index (χ1) is 6.37. The van der Waals surface area contributed by atoms with Gasteiger partial charge in [-0.2, -0.15) is 0 Å². The van der Waals surface area contributed by atoms with Crippen LogP contribution in [-0.4, -0.2) is 5.92 Å². The van der Waals surface area contributed by atoms with Gasteiger partial charge in [-0.05, 0) is 17.7 Å². The van der Waals surface area contributed by atoms with Gasteiger partial charge in [0.25, 0.3) is 5.92 Å². The Balaban J connectivity index is 2.45. The Hall–Kier alpha value is -0.190. The normalized spacial score (nSPS) is 28.9. The minimum absolute atomic E-state index is 0.277. The molecule has 2 N–H and O–H groups in total. The molecule has 1 aliphatic rings. The molecule has 0 bridgehead atoms. The van der Waals surface area contributed by atoms with Crippen molar-refractivity contribution < 1.29 is 8.78 Å². The number of halogens is 4. The van der Waals surface area contributed by atoms with Crippen LogP contribution in [0, 0.1) is 0 Å². The van der Waals surface area contributed by atoms with Gasteiger partial charge in [-0.1, -0.05) is 33.6 Å². The lowest BCUT2D eigenvalue weighted by molar-refractivity contribution is 0.0891. The molecule has 5 heteroatoms. The summed E-state index contributed by atoms with van der Waals surface area (Å²) >= 11 is 9.04. The zero-order chi connectivity index (χ0) is 10.6. The number of hydrogen-bond acceptors (Lipinski definition) is 1. The van der Waals surface area contributed by atoms with Crippen LogP contribution in [0.2, 0.25) is 5.02 Å². The van der Waals surface area contributed by atoms with Crippen molar-refractivity contribution in [1.82, 2.24) is 0 Å². The summed E-state index contributed by atoms with van der Waals surface area (Å²) in [4.78, 5) is 0. The van der Waals surface area contributed by atoms with Crippen molar-refractivity contribution in [3.05, 3.63) is 33.3 Å². The number of benzene rings is 1. The maximum Gasteiger partial charge on any atom is 0.272 e. The molecular formula is C9H7BrClF2N. The molecule has 1 aliphatic carbocycles. The van der Waals surface area contributed by atoms with Gasteiger partial charge >= 0.3 is 0 Å². The zero-order valence-corrected chi connectivity index (χ0v) is 9.37. The Morgan fingerprint density at radius 2 is 2.00 bits per heavy atom. The lowest BCUT2D eigenvalue weighted by atomic mass is 10.1. The van der Waals surface area contributed by atoms with E-state index in [9.17, 15) is 8.78 Å². The molecule has 1 aromatic rings. The van der Waals surface area contributed by atoms with Crippen molar-refractivity contribution in [3.8, 4) is 0 Å². The molecule has 1 nitrogen and oxygen atoms in total. The van der Waals surface area contributed by atoms with Crippen molar-refractivity contribution in [2.24, 2.45) is 5.73 Å². The second kappa shape index (κ2) is 2.90. The van der Waals surface area contributed by atoms with Gasteiger partial charge in [-0.3, -0.25) is 0 Å². The fourth-order valence-electron chi connectivity index (χ4n) is 1.45. The number of nitrogens with two attached hydrogens (primary N) is 1. The second-order valence-electron chi connectivity index (χ2n) is 3.48. The van der Waals surface area contributed by atoms with Crippen LogP contribution in [0.25, 0.3) is 0 Å². The summed E-state index contributed by atoms with van der Waals surface area (Å²) in [5.41, 5.74) is 4.29. The van der Waals surface area contributed by atoms with E-state index in [1.165, 1.54) is 6.07 Å². The van der Waals surface area contributed by atoms with Crippen LogP contribution >= 0.6 is 27.5 Å². The predicted octanol–water partition coefficient (Wildman–Crippen LogP) is 3.30. The van der Waals surface area contributed by atoms with E-state index in [1.807, 2.05) is 0 Å². The van der Waals surface area contributed by atoms with Gasteiger partial charge in [0.15, 0.2) is 0 Å². The smallest absolute Gasteiger partial charge is 0.272 e. The fourth-order valence-corrected chi connectivity index (χ4v) is 2.29. The molecule has 1 fully saturated rings.